The Labute approximate surface area is 191 Å². The fourth-order valence-corrected chi connectivity index (χ4v) is 3.75. The van der Waals surface area contributed by atoms with E-state index in [-0.39, 0.29) is 41.8 Å². The molecule has 176 valence electrons. The third-order valence-corrected chi connectivity index (χ3v) is 5.64. The number of carbonyl (C=O) groups is 1. The third kappa shape index (κ3) is 5.24. The first-order valence-corrected chi connectivity index (χ1v) is 11.3. The van der Waals surface area contributed by atoms with E-state index in [1.54, 1.807) is 35.0 Å². The first-order chi connectivity index (χ1) is 15.7. The SMILES string of the molecule is CCCCn1c(N)c(N(CCC(C)C)C(=O)Cn2ccc(=O)c3ccccc32)c(=O)[nH]c1=O. The predicted octanol–water partition coefficient (Wildman–Crippen LogP) is 2.31. The number of nitrogens with one attached hydrogen (secondary N) is 1. The Bertz CT molecular complexity index is 1320. The molecule has 1 aromatic carbocycles. The maximum atomic E-state index is 13.5. The maximum Gasteiger partial charge on any atom is 0.330 e. The molecule has 33 heavy (non-hydrogen) atoms. The van der Waals surface area contributed by atoms with E-state index in [4.69, 9.17) is 5.73 Å². The number of nitrogens with two attached hydrogens (primary N) is 1. The molecule has 3 rings (SSSR count). The van der Waals surface area contributed by atoms with Crippen LogP contribution in [-0.4, -0.2) is 26.6 Å². The van der Waals surface area contributed by atoms with Gasteiger partial charge in [0, 0.05) is 30.7 Å². The maximum absolute atomic E-state index is 13.5. The van der Waals surface area contributed by atoms with Crippen molar-refractivity contribution in [1.29, 1.82) is 0 Å². The van der Waals surface area contributed by atoms with Gasteiger partial charge in [0.05, 0.1) is 5.52 Å². The number of unbranched alkanes of at least 4 members (excludes halogenated alkanes) is 1. The largest absolute Gasteiger partial charge is 0.383 e. The molecule has 2 heterocycles. The number of carbonyl (C=O) groups excluding carboxylic acids is 1. The van der Waals surface area contributed by atoms with Crippen molar-refractivity contribution in [1.82, 2.24) is 14.1 Å². The van der Waals surface area contributed by atoms with E-state index < -0.39 is 11.2 Å². The number of hydrogen-bond acceptors (Lipinski definition) is 5. The molecule has 1 amide bonds. The fourth-order valence-electron chi connectivity index (χ4n) is 3.75. The summed E-state index contributed by atoms with van der Waals surface area (Å²) in [6.07, 6.45) is 3.76. The van der Waals surface area contributed by atoms with Gasteiger partial charge < -0.3 is 15.2 Å². The first kappa shape index (κ1) is 24.0. The average molecular weight is 454 g/mol. The summed E-state index contributed by atoms with van der Waals surface area (Å²) in [7, 11) is 0. The molecule has 0 atom stereocenters. The molecule has 9 heteroatoms. The molecule has 0 fully saturated rings. The number of aromatic nitrogens is 3. The molecule has 0 spiro atoms. The van der Waals surface area contributed by atoms with E-state index in [1.165, 1.54) is 15.5 Å². The molecule has 0 aliphatic rings. The van der Waals surface area contributed by atoms with Gasteiger partial charge in [-0.1, -0.05) is 39.3 Å². The number of hydrogen-bond donors (Lipinski definition) is 2. The van der Waals surface area contributed by atoms with Crippen LogP contribution in [0, 0.1) is 5.92 Å². The van der Waals surface area contributed by atoms with E-state index in [9.17, 15) is 19.2 Å². The minimum atomic E-state index is -0.688. The lowest BCUT2D eigenvalue weighted by atomic mass is 10.1. The van der Waals surface area contributed by atoms with Crippen LogP contribution >= 0.6 is 0 Å². The van der Waals surface area contributed by atoms with Gasteiger partial charge in [0.25, 0.3) is 5.56 Å². The molecule has 2 aromatic heterocycles. The standard InChI is InChI=1S/C24H31N5O4/c1-4-5-12-29-22(25)21(23(32)26-24(29)33)28(14-10-16(2)3)20(31)15-27-13-11-19(30)17-8-6-7-9-18(17)27/h6-9,11,13,16H,4-5,10,12,14-15,25H2,1-3H3,(H,26,32,33). The van der Waals surface area contributed by atoms with Crippen molar-refractivity contribution in [2.24, 2.45) is 5.92 Å². The quantitative estimate of drug-likeness (QED) is 0.515. The normalized spacial score (nSPS) is 11.3. The summed E-state index contributed by atoms with van der Waals surface area (Å²) in [5.41, 5.74) is 5.48. The number of H-pyrrole nitrogens is 1. The van der Waals surface area contributed by atoms with Crippen LogP contribution in [0.5, 0.6) is 0 Å². The third-order valence-electron chi connectivity index (χ3n) is 5.64. The van der Waals surface area contributed by atoms with Crippen LogP contribution in [0.4, 0.5) is 11.5 Å². The highest BCUT2D eigenvalue weighted by Gasteiger charge is 2.24. The minimum Gasteiger partial charge on any atom is -0.383 e. The number of aromatic amines is 1. The van der Waals surface area contributed by atoms with Gasteiger partial charge >= 0.3 is 5.69 Å². The van der Waals surface area contributed by atoms with Gasteiger partial charge in [-0.2, -0.15) is 0 Å². The Morgan fingerprint density at radius 1 is 1.15 bits per heavy atom. The Hall–Kier alpha value is -3.62. The number of nitrogen functional groups attached to an aromatic ring is 1. The predicted molar refractivity (Wildman–Crippen MR) is 131 cm³/mol. The molecule has 0 saturated carbocycles. The van der Waals surface area contributed by atoms with Gasteiger partial charge in [-0.15, -0.1) is 0 Å². The van der Waals surface area contributed by atoms with Crippen molar-refractivity contribution in [2.45, 2.75) is 53.1 Å². The highest BCUT2D eigenvalue weighted by molar-refractivity contribution is 5.96. The molecule has 3 aromatic rings. The van der Waals surface area contributed by atoms with Crippen molar-refractivity contribution in [2.75, 3.05) is 17.2 Å². The van der Waals surface area contributed by atoms with E-state index >= 15 is 0 Å². The second-order valence-electron chi connectivity index (χ2n) is 8.55. The number of rotatable bonds is 9. The van der Waals surface area contributed by atoms with Crippen molar-refractivity contribution in [3.05, 3.63) is 67.6 Å². The molecular formula is C24H31N5O4. The zero-order chi connectivity index (χ0) is 24.1. The van der Waals surface area contributed by atoms with E-state index in [0.29, 0.717) is 30.3 Å². The zero-order valence-corrected chi connectivity index (χ0v) is 19.3. The Kier molecular flexibility index (Phi) is 7.52. The van der Waals surface area contributed by atoms with Crippen molar-refractivity contribution in [3.63, 3.8) is 0 Å². The molecule has 3 N–H and O–H groups in total. The lowest BCUT2D eigenvalue weighted by Crippen LogP contribution is -2.43. The van der Waals surface area contributed by atoms with Crippen LogP contribution < -0.4 is 27.3 Å². The van der Waals surface area contributed by atoms with Gasteiger partial charge in [0.2, 0.25) is 5.91 Å². The first-order valence-electron chi connectivity index (χ1n) is 11.3. The van der Waals surface area contributed by atoms with Gasteiger partial charge in [-0.05, 0) is 30.9 Å². The fraction of sp³-hybridized carbons (Fsp3) is 0.417. The average Bonchev–Trinajstić information content (AvgIpc) is 2.77. The van der Waals surface area contributed by atoms with Crippen LogP contribution in [-0.2, 0) is 17.9 Å². The smallest absolute Gasteiger partial charge is 0.330 e. The number of para-hydroxylation sites is 1. The number of fused-ring (bicyclic) bond motifs is 1. The number of benzene rings is 1. The molecule has 0 saturated heterocycles. The summed E-state index contributed by atoms with van der Waals surface area (Å²) in [5.74, 6) is -0.0961. The number of anilines is 2. The van der Waals surface area contributed by atoms with Gasteiger partial charge in [0.1, 0.15) is 12.4 Å². The summed E-state index contributed by atoms with van der Waals surface area (Å²) in [6.45, 7) is 6.56. The van der Waals surface area contributed by atoms with Crippen LogP contribution in [0.25, 0.3) is 10.9 Å². The van der Waals surface area contributed by atoms with Crippen LogP contribution in [0.1, 0.15) is 40.0 Å². The topological polar surface area (TPSA) is 123 Å². The van der Waals surface area contributed by atoms with Gasteiger partial charge in [0.15, 0.2) is 11.1 Å². The summed E-state index contributed by atoms with van der Waals surface area (Å²) in [6, 6.07) is 8.46. The van der Waals surface area contributed by atoms with Crippen LogP contribution in [0.3, 0.4) is 0 Å². The second-order valence-corrected chi connectivity index (χ2v) is 8.55. The summed E-state index contributed by atoms with van der Waals surface area (Å²) < 4.78 is 2.99. The highest BCUT2D eigenvalue weighted by atomic mass is 16.2. The monoisotopic (exact) mass is 453 g/mol. The van der Waals surface area contributed by atoms with Gasteiger partial charge in [-0.3, -0.25) is 23.9 Å². The molecule has 0 aliphatic heterocycles. The molecular weight excluding hydrogens is 422 g/mol. The van der Waals surface area contributed by atoms with Gasteiger partial charge in [-0.25, -0.2) is 4.79 Å². The molecule has 0 unspecified atom stereocenters. The Morgan fingerprint density at radius 3 is 2.58 bits per heavy atom. The van der Waals surface area contributed by atoms with E-state index in [1.807, 2.05) is 20.8 Å². The molecule has 9 nitrogen and oxygen atoms in total. The second kappa shape index (κ2) is 10.3. The summed E-state index contributed by atoms with van der Waals surface area (Å²) >= 11 is 0. The molecule has 0 aliphatic carbocycles. The van der Waals surface area contributed by atoms with Crippen molar-refractivity contribution < 1.29 is 4.79 Å². The molecule has 0 radical (unpaired) electrons. The lowest BCUT2D eigenvalue weighted by Gasteiger charge is -2.26. The minimum absolute atomic E-state index is 0.0123. The van der Waals surface area contributed by atoms with Crippen LogP contribution in [0.2, 0.25) is 0 Å². The molecule has 0 bridgehead atoms. The summed E-state index contributed by atoms with van der Waals surface area (Å²) in [4.78, 5) is 54.5. The van der Waals surface area contributed by atoms with E-state index in [0.717, 1.165) is 6.42 Å². The Morgan fingerprint density at radius 2 is 1.88 bits per heavy atom. The van der Waals surface area contributed by atoms with E-state index in [2.05, 4.69) is 4.98 Å². The van der Waals surface area contributed by atoms with Crippen molar-refractivity contribution >= 4 is 28.3 Å². The summed E-state index contributed by atoms with van der Waals surface area (Å²) in [5, 5.41) is 0.506. The Balaban J connectivity index is 2.07. The highest BCUT2D eigenvalue weighted by Crippen LogP contribution is 2.20. The number of amides is 1. The zero-order valence-electron chi connectivity index (χ0n) is 19.3. The lowest BCUT2D eigenvalue weighted by molar-refractivity contribution is -0.119. The number of pyridine rings is 1. The van der Waals surface area contributed by atoms with Crippen LogP contribution in [0.15, 0.2) is 50.9 Å². The number of nitrogens with zero attached hydrogens (tertiary/aromatic N) is 3. The van der Waals surface area contributed by atoms with Crippen molar-refractivity contribution in [3.8, 4) is 0 Å².